The quantitative estimate of drug-likeness (QED) is 0.567. The van der Waals surface area contributed by atoms with E-state index in [-0.39, 0.29) is 12.0 Å². The van der Waals surface area contributed by atoms with E-state index >= 15 is 0 Å². The smallest absolute Gasteiger partial charge is 0.144 e. The maximum Gasteiger partial charge on any atom is 0.144 e. The summed E-state index contributed by atoms with van der Waals surface area (Å²) in [4.78, 5) is 2.44. The first-order valence-corrected chi connectivity index (χ1v) is 10.9. The highest BCUT2D eigenvalue weighted by atomic mass is 16.5. The summed E-state index contributed by atoms with van der Waals surface area (Å²) in [6, 6.07) is 17.8. The molecule has 0 unspecified atom stereocenters. The zero-order valence-electron chi connectivity index (χ0n) is 18.1. The summed E-state index contributed by atoms with van der Waals surface area (Å²) < 4.78 is 13.2. The molecule has 1 N–H and O–H groups in total. The van der Waals surface area contributed by atoms with E-state index in [0.717, 1.165) is 56.1 Å². The molecule has 0 atom stereocenters. The van der Waals surface area contributed by atoms with Crippen molar-refractivity contribution in [2.24, 2.45) is 5.41 Å². The molecule has 3 aromatic rings. The Bertz CT molecular complexity index is 949. The van der Waals surface area contributed by atoms with E-state index in [1.807, 2.05) is 65.5 Å². The number of hydrogen-bond acceptors (Lipinski definition) is 5. The fourth-order valence-corrected chi connectivity index (χ4v) is 4.23. The molecule has 2 aromatic carbocycles. The molecule has 0 bridgehead atoms. The van der Waals surface area contributed by atoms with Crippen molar-refractivity contribution in [2.75, 3.05) is 33.4 Å². The Labute approximate surface area is 184 Å². The first-order chi connectivity index (χ1) is 15.2. The number of ether oxygens (including phenoxy) is 2. The Hall–Kier alpha value is -2.83. The van der Waals surface area contributed by atoms with Crippen LogP contribution in [0.4, 0.5) is 0 Å². The summed E-state index contributed by atoms with van der Waals surface area (Å²) in [5, 5.41) is 14.6. The van der Waals surface area contributed by atoms with Crippen LogP contribution in [0, 0.1) is 5.41 Å². The number of benzene rings is 2. The van der Waals surface area contributed by atoms with Crippen molar-refractivity contribution in [2.45, 2.75) is 25.8 Å². The van der Waals surface area contributed by atoms with Crippen molar-refractivity contribution in [3.63, 3.8) is 0 Å². The van der Waals surface area contributed by atoms with Crippen LogP contribution in [0.5, 0.6) is 11.5 Å². The Balaban J connectivity index is 1.30. The van der Waals surface area contributed by atoms with Crippen LogP contribution in [0.25, 0.3) is 5.69 Å². The average molecular weight is 422 g/mol. The fourth-order valence-electron chi connectivity index (χ4n) is 4.23. The van der Waals surface area contributed by atoms with Crippen molar-refractivity contribution in [3.8, 4) is 17.2 Å². The van der Waals surface area contributed by atoms with Crippen molar-refractivity contribution in [3.05, 3.63) is 72.6 Å². The van der Waals surface area contributed by atoms with Gasteiger partial charge in [0.2, 0.25) is 0 Å². The van der Waals surface area contributed by atoms with Gasteiger partial charge in [0.1, 0.15) is 17.2 Å². The Morgan fingerprint density at radius 1 is 1.03 bits per heavy atom. The number of aliphatic hydroxyl groups excluding tert-OH is 1. The number of hydrogen-bond donors (Lipinski definition) is 1. The van der Waals surface area contributed by atoms with E-state index in [1.165, 1.54) is 5.56 Å². The van der Waals surface area contributed by atoms with Gasteiger partial charge in [0, 0.05) is 24.9 Å². The van der Waals surface area contributed by atoms with Crippen molar-refractivity contribution in [1.82, 2.24) is 14.7 Å². The summed E-state index contributed by atoms with van der Waals surface area (Å²) >= 11 is 0. The summed E-state index contributed by atoms with van der Waals surface area (Å²) in [5.41, 5.74) is 2.06. The monoisotopic (exact) mass is 421 g/mol. The largest absolute Gasteiger partial charge is 0.494 e. The highest BCUT2D eigenvalue weighted by molar-refractivity contribution is 5.46. The van der Waals surface area contributed by atoms with Crippen LogP contribution in [0.15, 0.2) is 67.0 Å². The summed E-state index contributed by atoms with van der Waals surface area (Å²) in [6.45, 7) is 3.63. The first-order valence-electron chi connectivity index (χ1n) is 10.9. The molecule has 4 rings (SSSR count). The SMILES string of the molecule is COc1ccccc1-n1cc(CN2CCC(CO)(CCOc3ccccc3)CC2)cn1. The molecule has 1 aliphatic heterocycles. The van der Waals surface area contributed by atoms with Gasteiger partial charge in [0.25, 0.3) is 0 Å². The van der Waals surface area contributed by atoms with Gasteiger partial charge < -0.3 is 14.6 Å². The van der Waals surface area contributed by atoms with Gasteiger partial charge in [-0.2, -0.15) is 5.10 Å². The van der Waals surface area contributed by atoms with E-state index in [9.17, 15) is 5.11 Å². The topological polar surface area (TPSA) is 59.8 Å². The molecule has 1 saturated heterocycles. The minimum atomic E-state index is -0.0487. The lowest BCUT2D eigenvalue weighted by Gasteiger charge is -2.40. The standard InChI is InChI=1S/C25H31N3O3/c1-30-24-10-6-5-9-23(24)28-19-21(17-26-28)18-27-14-11-25(20-29,12-15-27)13-16-31-22-7-3-2-4-8-22/h2-10,17,19,29H,11-16,18,20H2,1H3. The van der Waals surface area contributed by atoms with Crippen LogP contribution < -0.4 is 9.47 Å². The number of para-hydroxylation sites is 3. The number of rotatable bonds is 9. The molecule has 6 heteroatoms. The highest BCUT2D eigenvalue weighted by Gasteiger charge is 2.34. The van der Waals surface area contributed by atoms with E-state index < -0.39 is 0 Å². The molecular weight excluding hydrogens is 390 g/mol. The van der Waals surface area contributed by atoms with Crippen molar-refractivity contribution in [1.29, 1.82) is 0 Å². The minimum absolute atomic E-state index is 0.0487. The predicted octanol–water partition coefficient (Wildman–Crippen LogP) is 3.92. The molecule has 1 aliphatic rings. The zero-order chi connectivity index (χ0) is 21.5. The second-order valence-corrected chi connectivity index (χ2v) is 8.31. The van der Waals surface area contributed by atoms with Gasteiger partial charge in [-0.25, -0.2) is 4.68 Å². The third kappa shape index (κ3) is 5.27. The summed E-state index contributed by atoms with van der Waals surface area (Å²) in [7, 11) is 1.68. The number of aromatic nitrogens is 2. The number of piperidine rings is 1. The van der Waals surface area contributed by atoms with Gasteiger partial charge in [0.05, 0.1) is 19.9 Å². The van der Waals surface area contributed by atoms with Crippen LogP contribution >= 0.6 is 0 Å². The lowest BCUT2D eigenvalue weighted by Crippen LogP contribution is -2.42. The maximum absolute atomic E-state index is 10.1. The predicted molar refractivity (Wildman–Crippen MR) is 121 cm³/mol. The van der Waals surface area contributed by atoms with Crippen LogP contribution in [-0.4, -0.2) is 53.2 Å². The van der Waals surface area contributed by atoms with Gasteiger partial charge in [-0.15, -0.1) is 0 Å². The molecule has 0 aliphatic carbocycles. The van der Waals surface area contributed by atoms with Gasteiger partial charge in [-0.05, 0) is 62.0 Å². The van der Waals surface area contributed by atoms with Crippen LogP contribution in [0.3, 0.4) is 0 Å². The molecule has 2 heterocycles. The molecule has 0 amide bonds. The molecule has 6 nitrogen and oxygen atoms in total. The molecule has 164 valence electrons. The van der Waals surface area contributed by atoms with Gasteiger partial charge in [-0.3, -0.25) is 4.90 Å². The lowest BCUT2D eigenvalue weighted by molar-refractivity contribution is 0.0243. The Kier molecular flexibility index (Phi) is 6.89. The van der Waals surface area contributed by atoms with E-state index in [0.29, 0.717) is 6.61 Å². The minimum Gasteiger partial charge on any atom is -0.494 e. The second-order valence-electron chi connectivity index (χ2n) is 8.31. The van der Waals surface area contributed by atoms with Crippen molar-refractivity contribution >= 4 is 0 Å². The molecule has 0 radical (unpaired) electrons. The lowest BCUT2D eigenvalue weighted by atomic mass is 9.76. The highest BCUT2D eigenvalue weighted by Crippen LogP contribution is 2.35. The average Bonchev–Trinajstić information content (AvgIpc) is 3.29. The summed E-state index contributed by atoms with van der Waals surface area (Å²) in [5.74, 6) is 1.70. The van der Waals surface area contributed by atoms with Crippen LogP contribution in [0.1, 0.15) is 24.8 Å². The van der Waals surface area contributed by atoms with Gasteiger partial charge in [0.15, 0.2) is 0 Å². The number of nitrogens with zero attached hydrogens (tertiary/aromatic N) is 3. The van der Waals surface area contributed by atoms with Gasteiger partial charge in [-0.1, -0.05) is 30.3 Å². The number of aliphatic hydroxyl groups is 1. The number of methoxy groups -OCH3 is 1. The van der Waals surface area contributed by atoms with E-state index in [1.54, 1.807) is 7.11 Å². The maximum atomic E-state index is 10.1. The van der Waals surface area contributed by atoms with E-state index in [2.05, 4.69) is 16.2 Å². The van der Waals surface area contributed by atoms with Crippen LogP contribution in [-0.2, 0) is 6.54 Å². The molecule has 1 aromatic heterocycles. The molecule has 0 spiro atoms. The Morgan fingerprint density at radius 3 is 2.52 bits per heavy atom. The zero-order valence-corrected chi connectivity index (χ0v) is 18.1. The van der Waals surface area contributed by atoms with Crippen molar-refractivity contribution < 1.29 is 14.6 Å². The van der Waals surface area contributed by atoms with Gasteiger partial charge >= 0.3 is 0 Å². The van der Waals surface area contributed by atoms with Crippen LogP contribution in [0.2, 0.25) is 0 Å². The Morgan fingerprint density at radius 2 is 1.77 bits per heavy atom. The molecule has 31 heavy (non-hydrogen) atoms. The summed E-state index contributed by atoms with van der Waals surface area (Å²) in [6.07, 6.45) is 6.82. The second kappa shape index (κ2) is 9.98. The fraction of sp³-hybridized carbons (Fsp3) is 0.400. The molecule has 0 saturated carbocycles. The van der Waals surface area contributed by atoms with E-state index in [4.69, 9.17) is 9.47 Å². The molecular formula is C25H31N3O3. The first kappa shape index (κ1) is 21.4. The third-order valence-electron chi connectivity index (χ3n) is 6.27. The third-order valence-corrected chi connectivity index (χ3v) is 6.27. The number of likely N-dealkylation sites (tertiary alicyclic amines) is 1. The normalized spacial score (nSPS) is 16.2. The molecule has 1 fully saturated rings.